The Bertz CT molecular complexity index is 1170. The number of nitrogens with one attached hydrogen (secondary N) is 2. The molecule has 2 N–H and O–H groups in total. The Balaban J connectivity index is 1.12. The van der Waals surface area contributed by atoms with Gasteiger partial charge in [0.15, 0.2) is 0 Å². The molecule has 0 aromatic carbocycles. The summed E-state index contributed by atoms with van der Waals surface area (Å²) in [5.74, 6) is -1.19. The molecule has 10 atom stereocenters. The van der Waals surface area contributed by atoms with Crippen LogP contribution in [0.2, 0.25) is 0 Å². The van der Waals surface area contributed by atoms with Crippen LogP contribution in [-0.2, 0) is 14.4 Å². The Kier molecular flexibility index (Phi) is 11.6. The van der Waals surface area contributed by atoms with E-state index in [9.17, 15) is 27.6 Å². The Morgan fingerprint density at radius 1 is 0.878 bits per heavy atom. The van der Waals surface area contributed by atoms with Gasteiger partial charge in [0, 0.05) is 81.7 Å². The van der Waals surface area contributed by atoms with E-state index in [4.69, 9.17) is 0 Å². The first-order valence-electron chi connectivity index (χ1n) is 19.7. The van der Waals surface area contributed by atoms with Crippen molar-refractivity contribution in [2.75, 3.05) is 26.7 Å². The summed E-state index contributed by atoms with van der Waals surface area (Å²) in [5.41, 5.74) is 0. The highest BCUT2D eigenvalue weighted by atomic mass is 19.4. The summed E-state index contributed by atoms with van der Waals surface area (Å²) < 4.78 is 42.7. The van der Waals surface area contributed by atoms with Gasteiger partial charge in [-0.2, -0.15) is 13.2 Å². The van der Waals surface area contributed by atoms with Crippen LogP contribution < -0.4 is 10.6 Å². The Morgan fingerprint density at radius 3 is 2.27 bits per heavy atom. The van der Waals surface area contributed by atoms with Gasteiger partial charge in [-0.3, -0.25) is 14.4 Å². The van der Waals surface area contributed by atoms with Crippen LogP contribution in [0.5, 0.6) is 0 Å². The summed E-state index contributed by atoms with van der Waals surface area (Å²) in [6.07, 6.45) is 7.57. The Labute approximate surface area is 292 Å². The molecule has 49 heavy (non-hydrogen) atoms. The highest BCUT2D eigenvalue weighted by Crippen LogP contribution is 2.46. The van der Waals surface area contributed by atoms with Crippen LogP contribution in [0.1, 0.15) is 117 Å². The van der Waals surface area contributed by atoms with E-state index in [1.54, 1.807) is 18.9 Å². The van der Waals surface area contributed by atoms with Crippen molar-refractivity contribution in [1.29, 1.82) is 0 Å². The summed E-state index contributed by atoms with van der Waals surface area (Å²) in [6.45, 7) is 8.24. The smallest absolute Gasteiger partial charge is 0.353 e. The number of carbonyl (C=O) groups is 3. The minimum atomic E-state index is -4.34. The Hall–Kier alpha value is -1.88. The van der Waals surface area contributed by atoms with Crippen LogP contribution in [0.15, 0.2) is 0 Å². The molecule has 11 heteroatoms. The number of carbonyl (C=O) groups excluding carboxylic acids is 3. The van der Waals surface area contributed by atoms with E-state index in [-0.39, 0.29) is 54.6 Å². The molecular weight excluding hydrogens is 631 g/mol. The summed E-state index contributed by atoms with van der Waals surface area (Å²) in [4.78, 5) is 46.5. The molecule has 0 radical (unpaired) electrons. The predicted molar refractivity (Wildman–Crippen MR) is 183 cm³/mol. The molecule has 3 saturated heterocycles. The second-order valence-electron chi connectivity index (χ2n) is 17.1. The van der Waals surface area contributed by atoms with Crippen LogP contribution in [0.25, 0.3) is 0 Å². The van der Waals surface area contributed by atoms with Gasteiger partial charge in [-0.25, -0.2) is 0 Å². The minimum Gasteiger partial charge on any atom is -0.353 e. The van der Waals surface area contributed by atoms with Gasteiger partial charge in [-0.15, -0.1) is 0 Å². The van der Waals surface area contributed by atoms with E-state index in [0.29, 0.717) is 55.4 Å². The molecule has 3 aliphatic carbocycles. The second kappa shape index (κ2) is 15.4. The van der Waals surface area contributed by atoms with Gasteiger partial charge in [0.2, 0.25) is 17.7 Å². The third-order valence-electron chi connectivity index (χ3n) is 14.0. The molecule has 0 aromatic heterocycles. The highest BCUT2D eigenvalue weighted by molar-refractivity contribution is 5.81. The first kappa shape index (κ1) is 36.9. The number of amides is 3. The van der Waals surface area contributed by atoms with Crippen LogP contribution >= 0.6 is 0 Å². The largest absolute Gasteiger partial charge is 0.391 e. The molecule has 0 aromatic rings. The molecule has 0 spiro atoms. The van der Waals surface area contributed by atoms with E-state index in [2.05, 4.69) is 34.3 Å². The van der Waals surface area contributed by atoms with Gasteiger partial charge in [0.25, 0.3) is 0 Å². The number of fused-ring (bicyclic) bond motifs is 1. The number of rotatable bonds is 6. The fourth-order valence-electron chi connectivity index (χ4n) is 11.0. The zero-order chi connectivity index (χ0) is 35.0. The summed E-state index contributed by atoms with van der Waals surface area (Å²) >= 11 is 0. The fraction of sp³-hybridized carbons (Fsp3) is 0.921. The van der Waals surface area contributed by atoms with Gasteiger partial charge >= 0.3 is 6.18 Å². The quantitative estimate of drug-likeness (QED) is 0.371. The van der Waals surface area contributed by atoms with Gasteiger partial charge in [-0.1, -0.05) is 26.2 Å². The number of halogens is 3. The number of likely N-dealkylation sites (tertiary alicyclic amines) is 2. The van der Waals surface area contributed by atoms with Crippen molar-refractivity contribution in [3.63, 3.8) is 0 Å². The topological polar surface area (TPSA) is 85.0 Å². The average Bonchev–Trinajstić information content (AvgIpc) is 3.08. The van der Waals surface area contributed by atoms with E-state index < -0.39 is 18.0 Å². The van der Waals surface area contributed by atoms with Crippen LogP contribution in [0, 0.1) is 35.5 Å². The standard InChI is InChI=1S/C38H62F3N5O3/c1-23-10-11-29(21-33(23)34-19-27-22-42-24(2)16-35(27)46(37(34)49)31-8-6-5-7-9-31)43-36(48)26-17-28(38(39,40)41)20-32(18-26)45-14-12-30(13-15-45)44(4)25(3)47/h23-24,26-35,42H,5-22H2,1-4H3,(H,43,48). The molecular formula is C38H62F3N5O3. The second-order valence-corrected chi connectivity index (χ2v) is 17.1. The van der Waals surface area contributed by atoms with Gasteiger partial charge in [0.05, 0.1) is 5.92 Å². The maximum absolute atomic E-state index is 14.5. The molecule has 3 saturated carbocycles. The lowest BCUT2D eigenvalue weighted by Crippen LogP contribution is -2.64. The van der Waals surface area contributed by atoms with E-state index >= 15 is 0 Å². The molecule has 8 nitrogen and oxygen atoms in total. The van der Waals surface area contributed by atoms with Crippen molar-refractivity contribution in [3.05, 3.63) is 0 Å². The zero-order valence-corrected chi connectivity index (χ0v) is 30.4. The number of alkyl halides is 3. The number of piperidine rings is 3. The normalized spacial score (nSPS) is 38.9. The molecule has 6 fully saturated rings. The molecule has 6 rings (SSSR count). The molecule has 278 valence electrons. The molecule has 3 aliphatic heterocycles. The predicted octanol–water partition coefficient (Wildman–Crippen LogP) is 5.75. The maximum Gasteiger partial charge on any atom is 0.391 e. The molecule has 3 heterocycles. The monoisotopic (exact) mass is 693 g/mol. The van der Waals surface area contributed by atoms with Crippen molar-refractivity contribution < 1.29 is 27.6 Å². The number of hydrogen-bond acceptors (Lipinski definition) is 5. The van der Waals surface area contributed by atoms with Crippen molar-refractivity contribution in [2.24, 2.45) is 35.5 Å². The summed E-state index contributed by atoms with van der Waals surface area (Å²) in [5, 5.41) is 6.94. The van der Waals surface area contributed by atoms with E-state index in [0.717, 1.165) is 64.3 Å². The molecule has 3 amide bonds. The van der Waals surface area contributed by atoms with Crippen LogP contribution in [-0.4, -0.2) is 102 Å². The molecule has 6 aliphatic rings. The maximum atomic E-state index is 14.5. The van der Waals surface area contributed by atoms with Crippen molar-refractivity contribution in [3.8, 4) is 0 Å². The fourth-order valence-corrected chi connectivity index (χ4v) is 11.0. The van der Waals surface area contributed by atoms with Crippen molar-refractivity contribution in [2.45, 2.75) is 160 Å². The lowest BCUT2D eigenvalue weighted by Gasteiger charge is -2.54. The lowest BCUT2D eigenvalue weighted by atomic mass is 9.65. The number of hydrogen-bond donors (Lipinski definition) is 2. The zero-order valence-electron chi connectivity index (χ0n) is 30.4. The van der Waals surface area contributed by atoms with Crippen molar-refractivity contribution >= 4 is 17.7 Å². The molecule has 0 bridgehead atoms. The average molecular weight is 694 g/mol. The van der Waals surface area contributed by atoms with Gasteiger partial charge in [0.1, 0.15) is 0 Å². The van der Waals surface area contributed by atoms with Crippen LogP contribution in [0.3, 0.4) is 0 Å². The summed E-state index contributed by atoms with van der Waals surface area (Å²) in [7, 11) is 1.79. The van der Waals surface area contributed by atoms with E-state index in [1.807, 2.05) is 0 Å². The van der Waals surface area contributed by atoms with Gasteiger partial charge < -0.3 is 25.3 Å². The van der Waals surface area contributed by atoms with Crippen molar-refractivity contribution in [1.82, 2.24) is 25.3 Å². The van der Waals surface area contributed by atoms with E-state index in [1.165, 1.54) is 19.3 Å². The highest BCUT2D eigenvalue weighted by Gasteiger charge is 2.51. The van der Waals surface area contributed by atoms with Crippen LogP contribution in [0.4, 0.5) is 13.2 Å². The third kappa shape index (κ3) is 8.28. The third-order valence-corrected chi connectivity index (χ3v) is 14.0. The van der Waals surface area contributed by atoms with Gasteiger partial charge in [-0.05, 0) is 102 Å². The summed E-state index contributed by atoms with van der Waals surface area (Å²) in [6, 6.07) is 0.725. The molecule has 10 unspecified atom stereocenters. The number of nitrogens with zero attached hydrogens (tertiary/aromatic N) is 3. The Morgan fingerprint density at radius 2 is 1.59 bits per heavy atom. The first-order chi connectivity index (χ1) is 23.3. The minimum absolute atomic E-state index is 0.00329. The SMILES string of the molecule is CC(=O)N(C)C1CCN(C2CC(C(=O)NC3CCC(C)C(C4CC5CNC(C)CC5N(C5CCCCC5)C4=O)C3)CC(C(F)(F)F)C2)CC1. The first-order valence-corrected chi connectivity index (χ1v) is 19.7. The lowest BCUT2D eigenvalue weighted by molar-refractivity contribution is -0.192.